The van der Waals surface area contributed by atoms with E-state index in [-0.39, 0.29) is 16.7 Å². The van der Waals surface area contributed by atoms with Crippen molar-refractivity contribution in [3.05, 3.63) is 0 Å². The second-order valence-corrected chi connectivity index (χ2v) is 8.43. The maximum absolute atomic E-state index is 11.2. The van der Waals surface area contributed by atoms with Gasteiger partial charge in [-0.3, -0.25) is 4.99 Å². The van der Waals surface area contributed by atoms with E-state index in [1.54, 1.807) is 0 Å². The average Bonchev–Trinajstić information content (AvgIpc) is 2.22. The molecule has 0 aromatic carbocycles. The third kappa shape index (κ3) is 4.10. The quantitative estimate of drug-likeness (QED) is 0.546. The first-order valence-electron chi connectivity index (χ1n) is 3.77. The summed E-state index contributed by atoms with van der Waals surface area (Å²) in [6, 6.07) is -0.653. The molecule has 9 heteroatoms. The number of hydrogen-bond acceptors (Lipinski definition) is 3. The van der Waals surface area contributed by atoms with Crippen LogP contribution in [0.15, 0.2) is 4.99 Å². The van der Waals surface area contributed by atoms with Gasteiger partial charge in [0.25, 0.3) is 0 Å². The molecule has 88 valence electrons. The number of halogens is 5. The minimum atomic E-state index is -3.16. The van der Waals surface area contributed by atoms with Gasteiger partial charge in [0.05, 0.1) is 22.9 Å². The predicted octanol–water partition coefficient (Wildman–Crippen LogP) is 2.40. The van der Waals surface area contributed by atoms with Gasteiger partial charge in [0, 0.05) is 0 Å². The van der Waals surface area contributed by atoms with Gasteiger partial charge in [-0.15, -0.1) is 11.6 Å². The maximum atomic E-state index is 11.2. The van der Waals surface area contributed by atoms with Crippen molar-refractivity contribution in [2.75, 3.05) is 11.5 Å². The lowest BCUT2D eigenvalue weighted by atomic mass is 10.3. The molecular weight excluding hydrogens is 327 g/mol. The first-order chi connectivity index (χ1) is 6.62. The van der Waals surface area contributed by atoms with Crippen molar-refractivity contribution in [2.45, 2.75) is 15.2 Å². The Kier molecular flexibility index (Phi) is 4.47. The Bertz CT molecular complexity index is 373. The standard InChI is InChI=1S/C6H6Cl5NO2S/c7-3-1-15(13,14)2-4(3)12-5(8)6(9,10)11/h3-4H,1-2H2. The summed E-state index contributed by atoms with van der Waals surface area (Å²) in [5.41, 5.74) is 0. The minimum absolute atomic E-state index is 0.132. The third-order valence-corrected chi connectivity index (χ3v) is 5.32. The number of hydrogen-bond donors (Lipinski definition) is 0. The van der Waals surface area contributed by atoms with E-state index in [1.807, 2.05) is 0 Å². The fourth-order valence-electron chi connectivity index (χ4n) is 1.12. The summed E-state index contributed by atoms with van der Waals surface area (Å²) >= 11 is 27.7. The van der Waals surface area contributed by atoms with E-state index in [9.17, 15) is 8.42 Å². The molecule has 3 nitrogen and oxygen atoms in total. The number of aliphatic imine (C=N–C) groups is 1. The van der Waals surface area contributed by atoms with Crippen molar-refractivity contribution in [3.63, 3.8) is 0 Å². The van der Waals surface area contributed by atoms with Crippen LogP contribution in [0.5, 0.6) is 0 Å². The van der Waals surface area contributed by atoms with E-state index >= 15 is 0 Å². The zero-order chi connectivity index (χ0) is 11.9. The summed E-state index contributed by atoms with van der Waals surface area (Å²) in [7, 11) is -3.16. The molecule has 1 aliphatic rings. The molecular formula is C6H6Cl5NO2S. The van der Waals surface area contributed by atoms with E-state index in [0.29, 0.717) is 0 Å². The predicted molar refractivity (Wildman–Crippen MR) is 65.7 cm³/mol. The van der Waals surface area contributed by atoms with Crippen molar-refractivity contribution in [2.24, 2.45) is 4.99 Å². The van der Waals surface area contributed by atoms with Gasteiger partial charge in [0.2, 0.25) is 3.79 Å². The zero-order valence-electron chi connectivity index (χ0n) is 7.13. The lowest BCUT2D eigenvalue weighted by Crippen LogP contribution is -2.22. The van der Waals surface area contributed by atoms with Crippen molar-refractivity contribution >= 4 is 73.0 Å². The Balaban J connectivity index is 2.85. The Hall–Kier alpha value is 1.07. The highest BCUT2D eigenvalue weighted by molar-refractivity contribution is 7.91. The number of nitrogens with zero attached hydrogens (tertiary/aromatic N) is 1. The Morgan fingerprint density at radius 1 is 1.27 bits per heavy atom. The molecule has 0 amide bonds. The van der Waals surface area contributed by atoms with Crippen LogP contribution in [0.1, 0.15) is 0 Å². The highest BCUT2D eigenvalue weighted by atomic mass is 35.6. The number of rotatable bonds is 1. The highest BCUT2D eigenvalue weighted by Crippen LogP contribution is 2.31. The molecule has 0 bridgehead atoms. The molecule has 0 aliphatic carbocycles. The Morgan fingerprint density at radius 2 is 1.80 bits per heavy atom. The normalized spacial score (nSPS) is 31.9. The summed E-state index contributed by atoms with van der Waals surface area (Å²) in [4.78, 5) is 3.80. The van der Waals surface area contributed by atoms with Gasteiger partial charge in [-0.2, -0.15) is 0 Å². The van der Waals surface area contributed by atoms with Crippen LogP contribution in [0.2, 0.25) is 0 Å². The lowest BCUT2D eigenvalue weighted by Gasteiger charge is -2.12. The van der Waals surface area contributed by atoms with E-state index in [2.05, 4.69) is 4.99 Å². The van der Waals surface area contributed by atoms with Crippen molar-refractivity contribution < 1.29 is 8.42 Å². The molecule has 0 saturated carbocycles. The Morgan fingerprint density at radius 3 is 2.13 bits per heavy atom. The van der Waals surface area contributed by atoms with Gasteiger partial charge in [-0.25, -0.2) is 8.42 Å². The third-order valence-electron chi connectivity index (χ3n) is 1.77. The molecule has 0 aromatic heterocycles. The SMILES string of the molecule is O=S1(=O)CC(Cl)C(N=C(Cl)C(Cl)(Cl)Cl)C1. The van der Waals surface area contributed by atoms with Crippen molar-refractivity contribution in [1.82, 2.24) is 0 Å². The van der Waals surface area contributed by atoms with E-state index in [4.69, 9.17) is 58.0 Å². The molecule has 0 aromatic rings. The topological polar surface area (TPSA) is 46.5 Å². The first-order valence-corrected chi connectivity index (χ1v) is 7.54. The summed E-state index contributed by atoms with van der Waals surface area (Å²) in [6.07, 6.45) is 0. The molecule has 1 saturated heterocycles. The minimum Gasteiger partial charge on any atom is -0.267 e. The molecule has 2 unspecified atom stereocenters. The van der Waals surface area contributed by atoms with Gasteiger partial charge < -0.3 is 0 Å². The first kappa shape index (κ1) is 14.1. The van der Waals surface area contributed by atoms with Crippen LogP contribution in [0.3, 0.4) is 0 Å². The van der Waals surface area contributed by atoms with E-state index in [0.717, 1.165) is 0 Å². The highest BCUT2D eigenvalue weighted by Gasteiger charge is 2.38. The van der Waals surface area contributed by atoms with Gasteiger partial charge in [-0.1, -0.05) is 46.4 Å². The van der Waals surface area contributed by atoms with Crippen LogP contribution in [0.25, 0.3) is 0 Å². The maximum Gasteiger partial charge on any atom is 0.242 e. The number of alkyl halides is 4. The number of sulfone groups is 1. The summed E-state index contributed by atoms with van der Waals surface area (Å²) in [5, 5.41) is -0.906. The van der Waals surface area contributed by atoms with Gasteiger partial charge in [0.15, 0.2) is 15.0 Å². The second kappa shape index (κ2) is 4.75. The van der Waals surface area contributed by atoms with Crippen LogP contribution >= 0.6 is 58.0 Å². The molecule has 1 aliphatic heterocycles. The van der Waals surface area contributed by atoms with Gasteiger partial charge in [0.1, 0.15) is 0 Å². The molecule has 0 spiro atoms. The van der Waals surface area contributed by atoms with Crippen LogP contribution in [0, 0.1) is 0 Å². The lowest BCUT2D eigenvalue weighted by molar-refractivity contribution is 0.601. The molecule has 1 fully saturated rings. The summed E-state index contributed by atoms with van der Waals surface area (Å²) in [6.45, 7) is 0. The molecule has 0 N–H and O–H groups in total. The van der Waals surface area contributed by atoms with Crippen LogP contribution in [-0.4, -0.2) is 40.3 Å². The van der Waals surface area contributed by atoms with Crippen molar-refractivity contribution in [3.8, 4) is 0 Å². The average molecular weight is 333 g/mol. The fraction of sp³-hybridized carbons (Fsp3) is 0.833. The molecule has 2 atom stereocenters. The van der Waals surface area contributed by atoms with Crippen LogP contribution < -0.4 is 0 Å². The molecule has 1 rings (SSSR count). The fourth-order valence-corrected chi connectivity index (χ4v) is 3.89. The molecule has 1 heterocycles. The molecule has 0 radical (unpaired) electrons. The monoisotopic (exact) mass is 331 g/mol. The zero-order valence-corrected chi connectivity index (χ0v) is 11.7. The van der Waals surface area contributed by atoms with E-state index in [1.165, 1.54) is 0 Å². The Labute approximate surface area is 113 Å². The van der Waals surface area contributed by atoms with Crippen LogP contribution in [-0.2, 0) is 9.84 Å². The van der Waals surface area contributed by atoms with Gasteiger partial charge >= 0.3 is 0 Å². The van der Waals surface area contributed by atoms with Gasteiger partial charge in [-0.05, 0) is 0 Å². The van der Waals surface area contributed by atoms with Crippen LogP contribution in [0.4, 0.5) is 0 Å². The molecule has 15 heavy (non-hydrogen) atoms. The summed E-state index contributed by atoms with van der Waals surface area (Å²) in [5.74, 6) is -0.301. The smallest absolute Gasteiger partial charge is 0.242 e. The summed E-state index contributed by atoms with van der Waals surface area (Å²) < 4.78 is 20.5. The van der Waals surface area contributed by atoms with E-state index < -0.39 is 25.0 Å². The van der Waals surface area contributed by atoms with Crippen molar-refractivity contribution in [1.29, 1.82) is 0 Å². The largest absolute Gasteiger partial charge is 0.267 e. The second-order valence-electron chi connectivity index (χ2n) is 3.08.